The summed E-state index contributed by atoms with van der Waals surface area (Å²) in [4.78, 5) is 126. The van der Waals surface area contributed by atoms with E-state index >= 15 is 0 Å². The Balaban J connectivity index is 1.61. The van der Waals surface area contributed by atoms with Crippen molar-refractivity contribution in [2.24, 2.45) is 17.2 Å². The van der Waals surface area contributed by atoms with Gasteiger partial charge < -0.3 is 80.4 Å². The molecule has 0 saturated carbocycles. The molecule has 1 heterocycles. The number of unbranched alkanes of at least 4 members (excludes halogenated alkanes) is 1. The maximum atomic E-state index is 14.9. The summed E-state index contributed by atoms with van der Waals surface area (Å²) in [5.41, 5.74) is 19.4. The number of hydrogen-bond donors (Lipinski definition) is 15. The fraction of sp³-hybridized carbons (Fsp3) is 0.411. The number of urea groups is 1. The van der Waals surface area contributed by atoms with Gasteiger partial charge in [-0.3, -0.25) is 38.4 Å². The standard InChI is InChI=1S/C56H73ClN12O12S2/c1-30(2)61-42(25-32-7-15-36(57)16-8-32)50(75)67-45-28-82-83-29-46(53(78)64-41(48(59)73)24-34-11-19-38(71)20-12-34)68-55(80)47(31(3)70)69-49(74)40(6-4-5-23-58)63-51(76)43(26-33-9-17-37(18-10-33)62-56(60)81)65-52(77)44(66-54(45)79)27-35-13-21-39(72)22-14-35/h7-22,30-31,40-47,61,70-72H,4-6,23-29,58H2,1-3H3,(H2,59,73)(H,63,76)(H,64,78)(H,65,77)(H,66,79)(H,67,75)(H,68,80)(H,69,74)(H3,60,62,81). The molecule has 0 radical (unpaired) electrons. The van der Waals surface area contributed by atoms with Gasteiger partial charge in [-0.15, -0.1) is 0 Å². The molecule has 18 N–H and O–H groups in total. The molecule has 0 aliphatic carbocycles. The van der Waals surface area contributed by atoms with Gasteiger partial charge in [0.05, 0.1) is 12.1 Å². The monoisotopic (exact) mass is 1200 g/mol. The van der Waals surface area contributed by atoms with Crippen molar-refractivity contribution in [3.8, 4) is 11.5 Å². The Labute approximate surface area is 493 Å². The topological polar surface area (TPSA) is 401 Å². The van der Waals surface area contributed by atoms with E-state index in [-0.39, 0.29) is 74.1 Å². The number of nitrogens with two attached hydrogens (primary N) is 3. The first kappa shape index (κ1) is 66.2. The Morgan fingerprint density at radius 2 is 1.12 bits per heavy atom. The molecule has 24 nitrogen and oxygen atoms in total. The van der Waals surface area contributed by atoms with Crippen molar-refractivity contribution >= 4 is 92.2 Å². The number of carbonyl (C=O) groups is 9. The minimum atomic E-state index is -1.76. The second-order valence-corrected chi connectivity index (χ2v) is 23.2. The van der Waals surface area contributed by atoms with E-state index in [1.807, 2.05) is 13.8 Å². The summed E-state index contributed by atoms with van der Waals surface area (Å²) >= 11 is 6.17. The van der Waals surface area contributed by atoms with Crippen molar-refractivity contribution in [3.63, 3.8) is 0 Å². The average Bonchev–Trinajstić information content (AvgIpc) is 3.51. The number of aliphatic hydroxyl groups is 1. The summed E-state index contributed by atoms with van der Waals surface area (Å²) in [6, 6.07) is 12.2. The summed E-state index contributed by atoms with van der Waals surface area (Å²) in [5, 5.41) is 55.9. The molecule has 9 unspecified atom stereocenters. The lowest BCUT2D eigenvalue weighted by atomic mass is 10.0. The number of amides is 10. The highest BCUT2D eigenvalue weighted by Gasteiger charge is 2.37. The summed E-state index contributed by atoms with van der Waals surface area (Å²) in [6.07, 6.45) is -1.39. The van der Waals surface area contributed by atoms with Crippen LogP contribution in [0.4, 0.5) is 10.5 Å². The first-order valence-corrected chi connectivity index (χ1v) is 29.6. The van der Waals surface area contributed by atoms with Crippen LogP contribution in [-0.2, 0) is 64.0 Å². The van der Waals surface area contributed by atoms with Crippen LogP contribution < -0.4 is 65.1 Å². The third-order valence-corrected chi connectivity index (χ3v) is 15.7. The maximum absolute atomic E-state index is 14.9. The summed E-state index contributed by atoms with van der Waals surface area (Å²) < 4.78 is 0. The first-order chi connectivity index (χ1) is 39.5. The molecular formula is C56H73ClN12O12S2. The van der Waals surface area contributed by atoms with Crippen LogP contribution in [0.2, 0.25) is 5.02 Å². The number of hydrogen-bond acceptors (Lipinski definition) is 16. The maximum Gasteiger partial charge on any atom is 0.316 e. The van der Waals surface area contributed by atoms with Gasteiger partial charge in [0.2, 0.25) is 47.3 Å². The van der Waals surface area contributed by atoms with Gasteiger partial charge >= 0.3 is 6.03 Å². The van der Waals surface area contributed by atoms with Crippen molar-refractivity contribution in [3.05, 3.63) is 124 Å². The molecule has 83 heavy (non-hydrogen) atoms. The molecule has 1 aliphatic rings. The van der Waals surface area contributed by atoms with Crippen LogP contribution in [0.1, 0.15) is 62.3 Å². The number of carbonyl (C=O) groups excluding carboxylic acids is 9. The lowest BCUT2D eigenvalue weighted by molar-refractivity contribution is -0.136. The molecule has 27 heteroatoms. The normalized spacial score (nSPS) is 20.6. The highest BCUT2D eigenvalue weighted by Crippen LogP contribution is 2.25. The smallest absolute Gasteiger partial charge is 0.316 e. The highest BCUT2D eigenvalue weighted by atomic mass is 35.5. The minimum absolute atomic E-state index is 0.0502. The van der Waals surface area contributed by atoms with Crippen molar-refractivity contribution in [1.29, 1.82) is 0 Å². The van der Waals surface area contributed by atoms with Crippen LogP contribution in [0, 0.1) is 0 Å². The van der Waals surface area contributed by atoms with Crippen LogP contribution in [0.3, 0.4) is 0 Å². The van der Waals surface area contributed by atoms with E-state index in [0.29, 0.717) is 33.8 Å². The average molecular weight is 1210 g/mol. The molecule has 448 valence electrons. The third kappa shape index (κ3) is 22.2. The Hall–Kier alpha value is -7.62. The summed E-state index contributed by atoms with van der Waals surface area (Å²) in [5.74, 6) is -7.75. The summed E-state index contributed by atoms with van der Waals surface area (Å²) in [7, 11) is 1.96. The molecule has 4 aromatic carbocycles. The number of primary amides is 2. The lowest BCUT2D eigenvalue weighted by Gasteiger charge is -2.29. The van der Waals surface area contributed by atoms with Gasteiger partial charge in [-0.05, 0) is 110 Å². The number of nitrogens with one attached hydrogen (secondary N) is 9. The molecule has 0 spiro atoms. The molecule has 9 atom stereocenters. The molecular weight excluding hydrogens is 1130 g/mol. The van der Waals surface area contributed by atoms with Crippen LogP contribution in [-0.4, -0.2) is 147 Å². The molecule has 10 amide bonds. The molecule has 1 saturated heterocycles. The largest absolute Gasteiger partial charge is 0.508 e. The van der Waals surface area contributed by atoms with Gasteiger partial charge in [-0.1, -0.05) is 95.6 Å². The van der Waals surface area contributed by atoms with Crippen molar-refractivity contribution in [2.75, 3.05) is 23.4 Å². The number of phenols is 2. The zero-order valence-corrected chi connectivity index (χ0v) is 48.4. The fourth-order valence-corrected chi connectivity index (χ4v) is 11.1. The zero-order valence-electron chi connectivity index (χ0n) is 46.0. The van der Waals surface area contributed by atoms with E-state index in [9.17, 15) is 58.5 Å². The van der Waals surface area contributed by atoms with Gasteiger partial charge in [0.1, 0.15) is 53.8 Å². The number of aliphatic hydroxyl groups excluding tert-OH is 1. The second-order valence-electron chi connectivity index (χ2n) is 20.2. The zero-order chi connectivity index (χ0) is 60.8. The van der Waals surface area contributed by atoms with Crippen LogP contribution >= 0.6 is 33.2 Å². The molecule has 4 aromatic rings. The van der Waals surface area contributed by atoms with Crippen LogP contribution in [0.15, 0.2) is 97.1 Å². The van der Waals surface area contributed by atoms with Gasteiger partial charge in [0.15, 0.2) is 0 Å². The first-order valence-electron chi connectivity index (χ1n) is 26.7. The molecule has 1 aliphatic heterocycles. The molecule has 0 aromatic heterocycles. The number of halogens is 1. The summed E-state index contributed by atoms with van der Waals surface area (Å²) in [6.45, 7) is 5.10. The fourth-order valence-electron chi connectivity index (χ4n) is 8.61. The minimum Gasteiger partial charge on any atom is -0.508 e. The SMILES string of the molecule is CC(C)NC(Cc1ccc(Cl)cc1)C(=O)NC1CSSCC(C(=O)NC(Cc2ccc(O)cc2)C(N)=O)NC(=O)C(C(C)O)NC(=O)C(CCCCN)NC(=O)C(Cc2ccc(NC(N)=O)cc2)NC(=O)C(Cc2ccc(O)cc2)NC1=O. The van der Waals surface area contributed by atoms with Gasteiger partial charge in [0.25, 0.3) is 0 Å². The quantitative estimate of drug-likeness (QED) is 0.0403. The predicted molar refractivity (Wildman–Crippen MR) is 316 cm³/mol. The van der Waals surface area contributed by atoms with Crippen molar-refractivity contribution < 1.29 is 58.5 Å². The number of benzene rings is 4. The Morgan fingerprint density at radius 3 is 1.65 bits per heavy atom. The Bertz CT molecular complexity index is 2860. The second kappa shape index (κ2) is 32.9. The Morgan fingerprint density at radius 1 is 0.627 bits per heavy atom. The van der Waals surface area contributed by atoms with E-state index in [0.717, 1.165) is 27.2 Å². The van der Waals surface area contributed by atoms with Crippen LogP contribution in [0.25, 0.3) is 0 Å². The van der Waals surface area contributed by atoms with Crippen LogP contribution in [0.5, 0.6) is 11.5 Å². The number of rotatable bonds is 21. The number of aromatic hydroxyl groups is 2. The van der Waals surface area contributed by atoms with Gasteiger partial charge in [0, 0.05) is 47.5 Å². The van der Waals surface area contributed by atoms with Crippen molar-refractivity contribution in [1.82, 2.24) is 42.5 Å². The predicted octanol–water partition coefficient (Wildman–Crippen LogP) is 0.663. The highest BCUT2D eigenvalue weighted by molar-refractivity contribution is 8.76. The van der Waals surface area contributed by atoms with E-state index < -0.39 is 108 Å². The number of anilines is 1. The van der Waals surface area contributed by atoms with E-state index in [1.54, 1.807) is 36.4 Å². The van der Waals surface area contributed by atoms with E-state index in [4.69, 9.17) is 28.8 Å². The van der Waals surface area contributed by atoms with Gasteiger partial charge in [-0.2, -0.15) is 0 Å². The third-order valence-electron chi connectivity index (χ3n) is 13.0. The molecule has 0 bridgehead atoms. The van der Waals surface area contributed by atoms with E-state index in [2.05, 4.69) is 47.9 Å². The lowest BCUT2D eigenvalue weighted by Crippen LogP contribution is -2.62. The molecule has 1 fully saturated rings. The molecule has 5 rings (SSSR count). The van der Waals surface area contributed by atoms with Gasteiger partial charge in [-0.25, -0.2) is 4.79 Å². The van der Waals surface area contributed by atoms with E-state index in [1.165, 1.54) is 67.6 Å². The van der Waals surface area contributed by atoms with Crippen molar-refractivity contribution in [2.45, 2.75) is 126 Å². The Kier molecular flexibility index (Phi) is 26.2. The number of phenolic OH excluding ortho intramolecular Hbond substituents is 2.